The number of rotatable bonds is 7. The quantitative estimate of drug-likeness (QED) is 0.684. The average molecular weight is 376 g/mol. The summed E-state index contributed by atoms with van der Waals surface area (Å²) in [5.74, 6) is 2.22. The molecule has 0 unspecified atom stereocenters. The van der Waals surface area contributed by atoms with Gasteiger partial charge in [-0.15, -0.1) is 0 Å². The molecule has 1 aromatic heterocycles. The van der Waals surface area contributed by atoms with Gasteiger partial charge in [0, 0.05) is 26.2 Å². The largest absolute Gasteiger partial charge is 0.489 e. The summed E-state index contributed by atoms with van der Waals surface area (Å²) < 4.78 is 11.8. The van der Waals surface area contributed by atoms with Crippen LogP contribution in [0.2, 0.25) is 0 Å². The second kappa shape index (κ2) is 9.19. The number of ether oxygens (including phenoxy) is 2. The first-order valence-corrected chi connectivity index (χ1v) is 9.53. The minimum atomic E-state index is 0.419. The molecule has 0 spiro atoms. The first kappa shape index (κ1) is 18.3. The highest BCUT2D eigenvalue weighted by Crippen LogP contribution is 2.18. The van der Waals surface area contributed by atoms with E-state index in [1.165, 1.54) is 0 Å². The zero-order chi connectivity index (χ0) is 19.0. The van der Waals surface area contributed by atoms with Crippen LogP contribution in [0.25, 0.3) is 0 Å². The predicted molar refractivity (Wildman–Crippen MR) is 109 cm³/mol. The third-order valence-corrected chi connectivity index (χ3v) is 4.57. The fourth-order valence-corrected chi connectivity index (χ4v) is 3.08. The molecular formula is C22H24N4O2. The highest BCUT2D eigenvalue weighted by atomic mass is 16.5. The molecule has 28 heavy (non-hydrogen) atoms. The minimum absolute atomic E-state index is 0.419. The van der Waals surface area contributed by atoms with Gasteiger partial charge in [-0.3, -0.25) is 4.98 Å². The van der Waals surface area contributed by atoms with E-state index in [4.69, 9.17) is 9.47 Å². The van der Waals surface area contributed by atoms with Crippen LogP contribution in [-0.4, -0.2) is 36.1 Å². The summed E-state index contributed by atoms with van der Waals surface area (Å²) in [5, 5.41) is 3.34. The van der Waals surface area contributed by atoms with Crippen molar-refractivity contribution in [3.05, 3.63) is 78.1 Å². The fourth-order valence-electron chi connectivity index (χ4n) is 3.08. The van der Waals surface area contributed by atoms with E-state index in [-0.39, 0.29) is 0 Å². The number of aromatic nitrogens is 2. The highest BCUT2D eigenvalue weighted by molar-refractivity contribution is 5.38. The lowest BCUT2D eigenvalue weighted by Gasteiger charge is -2.28. The molecule has 2 aromatic carbocycles. The smallest absolute Gasteiger partial charge is 0.234 e. The van der Waals surface area contributed by atoms with E-state index in [0.29, 0.717) is 19.1 Å². The average Bonchev–Trinajstić information content (AvgIpc) is 2.78. The number of benzene rings is 2. The number of piperazine rings is 1. The lowest BCUT2D eigenvalue weighted by molar-refractivity contribution is 0.287. The molecule has 2 heterocycles. The third-order valence-electron chi connectivity index (χ3n) is 4.57. The van der Waals surface area contributed by atoms with Gasteiger partial charge in [-0.1, -0.05) is 42.5 Å². The lowest BCUT2D eigenvalue weighted by atomic mass is 10.2. The summed E-state index contributed by atoms with van der Waals surface area (Å²) in [6.45, 7) is 4.74. The molecule has 0 atom stereocenters. The Labute approximate surface area is 165 Å². The predicted octanol–water partition coefficient (Wildman–Crippen LogP) is 3.04. The molecule has 1 saturated heterocycles. The molecular weight excluding hydrogens is 352 g/mol. The highest BCUT2D eigenvalue weighted by Gasteiger charge is 2.12. The van der Waals surface area contributed by atoms with Crippen molar-refractivity contribution in [3.8, 4) is 11.6 Å². The zero-order valence-electron chi connectivity index (χ0n) is 15.8. The van der Waals surface area contributed by atoms with Crippen LogP contribution in [0.1, 0.15) is 11.1 Å². The van der Waals surface area contributed by atoms with E-state index in [2.05, 4.69) is 32.3 Å². The number of hydrogen-bond acceptors (Lipinski definition) is 6. The Balaban J connectivity index is 1.34. The Morgan fingerprint density at radius 2 is 1.64 bits per heavy atom. The van der Waals surface area contributed by atoms with Crippen molar-refractivity contribution in [2.45, 2.75) is 13.2 Å². The van der Waals surface area contributed by atoms with Crippen molar-refractivity contribution in [2.24, 2.45) is 0 Å². The van der Waals surface area contributed by atoms with Gasteiger partial charge in [-0.2, -0.15) is 4.98 Å². The Morgan fingerprint density at radius 3 is 2.50 bits per heavy atom. The molecule has 6 heteroatoms. The molecule has 0 aliphatic carbocycles. The maximum absolute atomic E-state index is 5.89. The van der Waals surface area contributed by atoms with Crippen LogP contribution in [0.4, 0.5) is 5.82 Å². The van der Waals surface area contributed by atoms with E-state index in [9.17, 15) is 0 Å². The van der Waals surface area contributed by atoms with Crippen molar-refractivity contribution < 1.29 is 9.47 Å². The Hall–Kier alpha value is -3.12. The molecule has 6 nitrogen and oxygen atoms in total. The second-order valence-electron chi connectivity index (χ2n) is 6.66. The molecule has 3 aromatic rings. The summed E-state index contributed by atoms with van der Waals surface area (Å²) >= 11 is 0. The van der Waals surface area contributed by atoms with Crippen molar-refractivity contribution >= 4 is 5.82 Å². The van der Waals surface area contributed by atoms with E-state index in [1.54, 1.807) is 12.4 Å². The van der Waals surface area contributed by atoms with Crippen LogP contribution in [0.5, 0.6) is 11.6 Å². The van der Waals surface area contributed by atoms with Gasteiger partial charge >= 0.3 is 0 Å². The Morgan fingerprint density at radius 1 is 0.857 bits per heavy atom. The van der Waals surface area contributed by atoms with Crippen LogP contribution in [0.3, 0.4) is 0 Å². The molecule has 0 radical (unpaired) electrons. The van der Waals surface area contributed by atoms with Gasteiger partial charge in [-0.05, 0) is 23.3 Å². The summed E-state index contributed by atoms with van der Waals surface area (Å²) in [4.78, 5) is 11.1. The fraction of sp³-hybridized carbons (Fsp3) is 0.273. The second-order valence-corrected chi connectivity index (χ2v) is 6.66. The van der Waals surface area contributed by atoms with Crippen molar-refractivity contribution in [2.75, 3.05) is 31.1 Å². The molecule has 1 aliphatic heterocycles. The van der Waals surface area contributed by atoms with E-state index >= 15 is 0 Å². The van der Waals surface area contributed by atoms with Crippen LogP contribution < -0.4 is 19.7 Å². The molecule has 1 aliphatic rings. The molecule has 0 saturated carbocycles. The van der Waals surface area contributed by atoms with Crippen LogP contribution in [0, 0.1) is 0 Å². The monoisotopic (exact) mass is 376 g/mol. The third kappa shape index (κ3) is 4.98. The minimum Gasteiger partial charge on any atom is -0.489 e. The molecule has 0 bridgehead atoms. The molecule has 1 N–H and O–H groups in total. The molecule has 4 rings (SSSR count). The van der Waals surface area contributed by atoms with E-state index in [0.717, 1.165) is 48.9 Å². The first-order chi connectivity index (χ1) is 13.9. The van der Waals surface area contributed by atoms with Gasteiger partial charge in [0.1, 0.15) is 19.0 Å². The van der Waals surface area contributed by atoms with Gasteiger partial charge in [0.05, 0.1) is 12.4 Å². The summed E-state index contributed by atoms with van der Waals surface area (Å²) in [6.07, 6.45) is 3.44. The summed E-state index contributed by atoms with van der Waals surface area (Å²) in [7, 11) is 0. The number of nitrogens with one attached hydrogen (secondary N) is 1. The standard InChI is InChI=1S/C22H24N4O2/c1-2-5-18(6-3-1)16-27-20-8-4-7-19(13-20)17-28-22-15-24-14-21(25-22)26-11-9-23-10-12-26/h1-8,13-15,23H,9-12,16-17H2. The van der Waals surface area contributed by atoms with Crippen molar-refractivity contribution in [3.63, 3.8) is 0 Å². The van der Waals surface area contributed by atoms with E-state index in [1.807, 2.05) is 42.5 Å². The zero-order valence-corrected chi connectivity index (χ0v) is 15.8. The maximum atomic E-state index is 5.89. The molecule has 0 amide bonds. The van der Waals surface area contributed by atoms with Crippen LogP contribution >= 0.6 is 0 Å². The van der Waals surface area contributed by atoms with Gasteiger partial charge < -0.3 is 19.7 Å². The van der Waals surface area contributed by atoms with E-state index < -0.39 is 0 Å². The van der Waals surface area contributed by atoms with Crippen LogP contribution in [-0.2, 0) is 13.2 Å². The first-order valence-electron chi connectivity index (χ1n) is 9.53. The summed E-state index contributed by atoms with van der Waals surface area (Å²) in [5.41, 5.74) is 2.17. The Kier molecular flexibility index (Phi) is 5.99. The molecule has 1 fully saturated rings. The van der Waals surface area contributed by atoms with Gasteiger partial charge in [-0.25, -0.2) is 0 Å². The maximum Gasteiger partial charge on any atom is 0.234 e. The van der Waals surface area contributed by atoms with Crippen molar-refractivity contribution in [1.29, 1.82) is 0 Å². The van der Waals surface area contributed by atoms with Crippen molar-refractivity contribution in [1.82, 2.24) is 15.3 Å². The van der Waals surface area contributed by atoms with Gasteiger partial charge in [0.25, 0.3) is 0 Å². The SMILES string of the molecule is c1ccc(COc2cccc(COc3cncc(N4CCNCC4)n3)c2)cc1. The Bertz CT molecular complexity index is 882. The number of nitrogens with zero attached hydrogens (tertiary/aromatic N) is 3. The van der Waals surface area contributed by atoms with Gasteiger partial charge in [0.2, 0.25) is 5.88 Å². The number of anilines is 1. The molecule has 144 valence electrons. The van der Waals surface area contributed by atoms with Crippen LogP contribution in [0.15, 0.2) is 67.0 Å². The summed E-state index contributed by atoms with van der Waals surface area (Å²) in [6, 6.07) is 18.1. The lowest BCUT2D eigenvalue weighted by Crippen LogP contribution is -2.43. The number of hydrogen-bond donors (Lipinski definition) is 1. The topological polar surface area (TPSA) is 59.5 Å². The normalized spacial score (nSPS) is 13.9. The van der Waals surface area contributed by atoms with Gasteiger partial charge in [0.15, 0.2) is 5.82 Å².